The van der Waals surface area contributed by atoms with Crippen molar-refractivity contribution >= 4 is 32.8 Å². The van der Waals surface area contributed by atoms with Crippen LogP contribution >= 0.6 is 0 Å². The third-order valence-electron chi connectivity index (χ3n) is 8.49. The molecule has 4 aromatic carbocycles. The van der Waals surface area contributed by atoms with Crippen molar-refractivity contribution in [2.45, 2.75) is 60.4 Å². The van der Waals surface area contributed by atoms with Gasteiger partial charge in [-0.1, -0.05) is 87.1 Å². The Labute approximate surface area is 335 Å². The van der Waals surface area contributed by atoms with Gasteiger partial charge in [0.2, 0.25) is 5.71 Å². The van der Waals surface area contributed by atoms with Gasteiger partial charge in [-0.2, -0.15) is 0 Å². The number of nitrogens with zero attached hydrogens (tertiary/aromatic N) is 3. The van der Waals surface area contributed by atoms with Crippen LogP contribution in [0.4, 0.5) is 0 Å². The summed E-state index contributed by atoms with van der Waals surface area (Å²) in [5, 5.41) is 2.50. The minimum atomic E-state index is -2.59. The van der Waals surface area contributed by atoms with Crippen molar-refractivity contribution in [2.75, 3.05) is 0 Å². The molecule has 5 heteroatoms. The van der Waals surface area contributed by atoms with Crippen LogP contribution in [-0.2, 0) is 25.5 Å². The van der Waals surface area contributed by atoms with Crippen molar-refractivity contribution in [1.82, 2.24) is 15.0 Å². The number of hydrogen-bond acceptors (Lipinski definition) is 4. The van der Waals surface area contributed by atoms with Gasteiger partial charge in [0.05, 0.1) is 5.58 Å². The van der Waals surface area contributed by atoms with E-state index in [1.165, 1.54) is 36.7 Å². The molecule has 4 aromatic heterocycles. The first-order chi connectivity index (χ1) is 30.0. The van der Waals surface area contributed by atoms with Gasteiger partial charge < -0.3 is 14.4 Å². The summed E-state index contributed by atoms with van der Waals surface area (Å²) in [4.78, 5) is 12.8. The zero-order valence-corrected chi connectivity index (χ0v) is 30.3. The molecular weight excluding hydrogens is 803 g/mol. The minimum absolute atomic E-state index is 0. The van der Waals surface area contributed by atoms with Crippen molar-refractivity contribution in [1.29, 1.82) is 0 Å². The molecule has 8 rings (SSSR count). The Morgan fingerprint density at radius 3 is 2.25 bits per heavy atom. The first kappa shape index (κ1) is 21.4. The number of hydrogen-bond donors (Lipinski definition) is 0. The van der Waals surface area contributed by atoms with Crippen LogP contribution < -0.4 is 0 Å². The van der Waals surface area contributed by atoms with Gasteiger partial charge >= 0.3 is 0 Å². The fourth-order valence-electron chi connectivity index (χ4n) is 5.79. The summed E-state index contributed by atoms with van der Waals surface area (Å²) in [5.74, 6) is 0. The van der Waals surface area contributed by atoms with E-state index in [2.05, 4.69) is 47.9 Å². The molecule has 0 aliphatic carbocycles. The summed E-state index contributed by atoms with van der Waals surface area (Å²) in [6, 6.07) is 30.8. The van der Waals surface area contributed by atoms with Gasteiger partial charge in [-0.3, -0.25) is 0 Å². The van der Waals surface area contributed by atoms with Gasteiger partial charge in [-0.25, -0.2) is 4.98 Å². The standard InChI is InChI=1S/C33H29N2O.C13H12N.Ir/c1-19-18-34-30(28-9-7-8-26-27-13-10-20(2)35-32(27)36-31(26)28)17-29(19)25-14-11-22-16-23(33(4,5)6)12-15-24(22)21(25)3;1-10-3-6-12(7-4-10)13-8-5-11(2)9-14-13;/h7-8,10-18H,1-6H3;3-6,8-9H,1-2H3;/q2*-1;/i1D3,2D3,3D3;1D3,2D3;. The van der Waals surface area contributed by atoms with Crippen LogP contribution in [0.3, 0.4) is 0 Å². The molecule has 257 valence electrons. The monoisotopic (exact) mass is 859 g/mol. The Balaban J connectivity index is 0.000000288. The van der Waals surface area contributed by atoms with E-state index in [1.54, 1.807) is 48.5 Å². The van der Waals surface area contributed by atoms with E-state index >= 15 is 0 Å². The molecule has 0 aliphatic rings. The van der Waals surface area contributed by atoms with Gasteiger partial charge in [0.15, 0.2) is 0 Å². The van der Waals surface area contributed by atoms with Crippen molar-refractivity contribution < 1.29 is 45.1 Å². The first-order valence-electron chi connectivity index (χ1n) is 23.3. The van der Waals surface area contributed by atoms with E-state index in [0.29, 0.717) is 44.3 Å². The van der Waals surface area contributed by atoms with Gasteiger partial charge in [-0.05, 0) is 100 Å². The molecule has 1 radical (unpaired) electrons. The van der Waals surface area contributed by atoms with Crippen LogP contribution in [-0.4, -0.2) is 15.0 Å². The molecule has 0 unspecified atom stereocenters. The third-order valence-corrected chi connectivity index (χ3v) is 8.49. The average Bonchev–Trinajstić information content (AvgIpc) is 3.60. The number of pyridine rings is 3. The van der Waals surface area contributed by atoms with Gasteiger partial charge in [-0.15, -0.1) is 53.6 Å². The summed E-state index contributed by atoms with van der Waals surface area (Å²) in [5.41, 5.74) is 3.93. The molecule has 0 fully saturated rings. The minimum Gasteiger partial charge on any atom is -0.486 e. The quantitative estimate of drug-likeness (QED) is 0.166. The van der Waals surface area contributed by atoms with E-state index in [4.69, 9.17) is 25.0 Å². The Bertz CT molecular complexity index is 3000. The zero-order chi connectivity index (χ0) is 47.7. The van der Waals surface area contributed by atoms with E-state index in [1.807, 2.05) is 18.2 Å². The molecule has 0 amide bonds. The Hall–Kier alpha value is -4.96. The summed E-state index contributed by atoms with van der Waals surface area (Å²) < 4.78 is 123. The van der Waals surface area contributed by atoms with Crippen LogP contribution in [0.15, 0.2) is 108 Å². The molecular formula is C46H41IrN3O-2. The number of benzene rings is 4. The van der Waals surface area contributed by atoms with E-state index < -0.39 is 34.3 Å². The maximum atomic E-state index is 8.51. The summed E-state index contributed by atoms with van der Waals surface area (Å²) in [6.45, 7) is -5.68. The molecule has 4 heterocycles. The van der Waals surface area contributed by atoms with Crippen LogP contribution in [0.25, 0.3) is 66.5 Å². The molecule has 0 bridgehead atoms. The van der Waals surface area contributed by atoms with Crippen LogP contribution in [0.2, 0.25) is 0 Å². The molecule has 0 N–H and O–H groups in total. The number of furan rings is 1. The fourth-order valence-corrected chi connectivity index (χ4v) is 5.79. The fraction of sp³-hybridized carbons (Fsp3) is 0.196. The predicted octanol–water partition coefficient (Wildman–Crippen LogP) is 12.0. The van der Waals surface area contributed by atoms with Crippen molar-refractivity contribution in [3.63, 3.8) is 0 Å². The molecule has 8 aromatic rings. The molecule has 0 atom stereocenters. The zero-order valence-electron chi connectivity index (χ0n) is 42.9. The second kappa shape index (κ2) is 14.3. The van der Waals surface area contributed by atoms with Gasteiger partial charge in [0, 0.05) is 64.1 Å². The number of rotatable bonds is 3. The smallest absolute Gasteiger partial charge is 0.216 e. The summed E-state index contributed by atoms with van der Waals surface area (Å²) >= 11 is 0. The maximum Gasteiger partial charge on any atom is 0.216 e. The Morgan fingerprint density at radius 1 is 0.686 bits per heavy atom. The number of aryl methyl sites for hydroxylation is 5. The predicted molar refractivity (Wildman–Crippen MR) is 207 cm³/mol. The Kier molecular flexibility index (Phi) is 6.02. The van der Waals surface area contributed by atoms with Crippen molar-refractivity contribution in [3.8, 4) is 33.6 Å². The largest absolute Gasteiger partial charge is 0.486 e. The van der Waals surface area contributed by atoms with E-state index in [0.717, 1.165) is 10.9 Å². The number of fused-ring (bicyclic) bond motifs is 4. The van der Waals surface area contributed by atoms with Gasteiger partial charge in [0.25, 0.3) is 0 Å². The first-order valence-corrected chi connectivity index (χ1v) is 15.8. The molecule has 0 spiro atoms. The maximum absolute atomic E-state index is 8.51. The molecule has 4 nitrogen and oxygen atoms in total. The van der Waals surface area contributed by atoms with Gasteiger partial charge in [0.1, 0.15) is 0 Å². The second-order valence-corrected chi connectivity index (χ2v) is 13.0. The summed E-state index contributed by atoms with van der Waals surface area (Å²) in [7, 11) is 0. The van der Waals surface area contributed by atoms with E-state index in [9.17, 15) is 0 Å². The molecule has 0 saturated heterocycles. The van der Waals surface area contributed by atoms with Crippen molar-refractivity contribution in [2.24, 2.45) is 0 Å². The molecule has 0 saturated carbocycles. The Morgan fingerprint density at radius 2 is 1.53 bits per heavy atom. The molecule has 0 aliphatic heterocycles. The summed E-state index contributed by atoms with van der Waals surface area (Å²) in [6.07, 6.45) is 2.54. The normalized spacial score (nSPS) is 17.0. The van der Waals surface area contributed by atoms with Crippen molar-refractivity contribution in [3.05, 3.63) is 149 Å². The third kappa shape index (κ3) is 7.28. The topological polar surface area (TPSA) is 51.8 Å². The number of aromatic nitrogens is 3. The SMILES string of the molecule is [2H]C([2H])([2H])c1c[c-]c(-c2ccc(C([2H])([2H])[2H])cn2)cc1.[2H]C([2H])([2H])c1ccc2c(n1)oc1c(-c3cc(-c4ccc5cc(C(C)(C)C)ccc5c4C([2H])([2H])[2H])c(C([2H])([2H])[2H])cn3)[c-]ccc12.[Ir]. The average molecular weight is 859 g/mol. The second-order valence-electron chi connectivity index (χ2n) is 13.0. The van der Waals surface area contributed by atoms with Crippen LogP contribution in [0, 0.1) is 46.4 Å². The van der Waals surface area contributed by atoms with Crippen LogP contribution in [0.5, 0.6) is 0 Å². The molecule has 51 heavy (non-hydrogen) atoms. The van der Waals surface area contributed by atoms with E-state index in [-0.39, 0.29) is 70.3 Å². The van der Waals surface area contributed by atoms with Crippen LogP contribution in [0.1, 0.15) is 74.8 Å².